The van der Waals surface area contributed by atoms with E-state index < -0.39 is 21.2 Å². The Hall–Kier alpha value is -0.910. The summed E-state index contributed by atoms with van der Waals surface area (Å²) in [7, 11) is -3.23. The third kappa shape index (κ3) is 3.06. The van der Waals surface area contributed by atoms with Crippen LogP contribution in [-0.2, 0) is 19.4 Å². The van der Waals surface area contributed by atoms with Crippen LogP contribution in [0.25, 0.3) is 0 Å². The van der Waals surface area contributed by atoms with E-state index in [-0.39, 0.29) is 36.6 Å². The first kappa shape index (κ1) is 14.2. The predicted molar refractivity (Wildman–Crippen MR) is 62.5 cm³/mol. The molecule has 0 aromatic carbocycles. The zero-order valence-corrected chi connectivity index (χ0v) is 10.8. The van der Waals surface area contributed by atoms with Gasteiger partial charge in [0.2, 0.25) is 0 Å². The molecular formula is C11H18O5S. The third-order valence-electron chi connectivity index (χ3n) is 3.48. The van der Waals surface area contributed by atoms with Crippen molar-refractivity contribution in [2.45, 2.75) is 39.0 Å². The Labute approximate surface area is 101 Å². The summed E-state index contributed by atoms with van der Waals surface area (Å²) in [5, 5.41) is 9.21. The maximum Gasteiger partial charge on any atom is 0.317 e. The molecule has 0 spiro atoms. The first-order chi connectivity index (χ1) is 7.84. The highest BCUT2D eigenvalue weighted by atomic mass is 32.2. The van der Waals surface area contributed by atoms with Crippen LogP contribution in [-0.4, -0.2) is 36.8 Å². The number of Topliss-reactive ketones (excluding diaryl/α,β-unsaturated/α-hetero) is 1. The highest BCUT2D eigenvalue weighted by molar-refractivity contribution is 7.91. The van der Waals surface area contributed by atoms with Gasteiger partial charge in [0.15, 0.2) is 0 Å². The number of aliphatic carboxylic acids is 1. The van der Waals surface area contributed by atoms with Gasteiger partial charge in [-0.25, -0.2) is 8.42 Å². The molecular weight excluding hydrogens is 244 g/mol. The van der Waals surface area contributed by atoms with E-state index >= 15 is 0 Å². The molecule has 98 valence electrons. The molecule has 1 unspecified atom stereocenters. The number of carboxylic acid groups (broad SMARTS) is 1. The van der Waals surface area contributed by atoms with Crippen molar-refractivity contribution in [2.24, 2.45) is 5.41 Å². The average Bonchev–Trinajstić information content (AvgIpc) is 2.28. The molecule has 1 aliphatic carbocycles. The highest BCUT2D eigenvalue weighted by Gasteiger charge is 2.46. The van der Waals surface area contributed by atoms with Crippen molar-refractivity contribution >= 4 is 21.6 Å². The first-order valence-electron chi connectivity index (χ1n) is 5.81. The zero-order chi connectivity index (χ0) is 13.1. The Bertz CT molecular complexity index is 412. The molecule has 5 nitrogen and oxygen atoms in total. The van der Waals surface area contributed by atoms with Crippen LogP contribution in [0, 0.1) is 5.41 Å². The molecule has 0 heterocycles. The highest BCUT2D eigenvalue weighted by Crippen LogP contribution is 2.37. The molecule has 0 bridgehead atoms. The SMILES string of the molecule is CCS(=O)(=O)CCC1(C(=O)O)CCCCC1=O. The van der Waals surface area contributed by atoms with Crippen molar-refractivity contribution < 1.29 is 23.1 Å². The van der Waals surface area contributed by atoms with E-state index in [1.54, 1.807) is 0 Å². The summed E-state index contributed by atoms with van der Waals surface area (Å²) in [6.45, 7) is 1.52. The van der Waals surface area contributed by atoms with Crippen LogP contribution >= 0.6 is 0 Å². The van der Waals surface area contributed by atoms with E-state index in [1.807, 2.05) is 0 Å². The monoisotopic (exact) mass is 262 g/mol. The number of ketones is 1. The molecule has 0 saturated heterocycles. The summed E-state index contributed by atoms with van der Waals surface area (Å²) >= 11 is 0. The van der Waals surface area contributed by atoms with Crippen LogP contribution in [0.1, 0.15) is 39.0 Å². The summed E-state index contributed by atoms with van der Waals surface area (Å²) in [4.78, 5) is 23.1. The Morgan fingerprint density at radius 1 is 1.41 bits per heavy atom. The normalized spacial score (nSPS) is 25.8. The predicted octanol–water partition coefficient (Wildman–Crippen LogP) is 1.03. The van der Waals surface area contributed by atoms with E-state index in [9.17, 15) is 23.1 Å². The summed E-state index contributed by atoms with van der Waals surface area (Å²) in [6, 6.07) is 0. The molecule has 1 fully saturated rings. The summed E-state index contributed by atoms with van der Waals surface area (Å²) < 4.78 is 22.8. The number of carboxylic acids is 1. The summed E-state index contributed by atoms with van der Waals surface area (Å²) in [5.74, 6) is -1.73. The van der Waals surface area contributed by atoms with Gasteiger partial charge in [-0.2, -0.15) is 0 Å². The molecule has 1 saturated carbocycles. The molecule has 1 N–H and O–H groups in total. The Kier molecular flexibility index (Phi) is 4.30. The average molecular weight is 262 g/mol. The molecule has 6 heteroatoms. The van der Waals surface area contributed by atoms with Crippen LogP contribution in [0.5, 0.6) is 0 Å². The summed E-state index contributed by atoms with van der Waals surface area (Å²) in [5.41, 5.74) is -1.46. The number of rotatable bonds is 5. The van der Waals surface area contributed by atoms with Gasteiger partial charge in [-0.1, -0.05) is 13.3 Å². The zero-order valence-electron chi connectivity index (χ0n) is 9.94. The number of hydrogen-bond donors (Lipinski definition) is 1. The van der Waals surface area contributed by atoms with Gasteiger partial charge in [0.25, 0.3) is 0 Å². The second-order valence-electron chi connectivity index (χ2n) is 4.50. The molecule has 0 aliphatic heterocycles. The van der Waals surface area contributed by atoms with Gasteiger partial charge in [-0.15, -0.1) is 0 Å². The van der Waals surface area contributed by atoms with Crippen molar-refractivity contribution in [1.82, 2.24) is 0 Å². The van der Waals surface area contributed by atoms with Crippen LogP contribution in [0.3, 0.4) is 0 Å². The minimum atomic E-state index is -3.23. The van der Waals surface area contributed by atoms with Gasteiger partial charge >= 0.3 is 5.97 Å². The smallest absolute Gasteiger partial charge is 0.317 e. The topological polar surface area (TPSA) is 88.5 Å². The van der Waals surface area contributed by atoms with Gasteiger partial charge in [0, 0.05) is 12.2 Å². The lowest BCUT2D eigenvalue weighted by atomic mass is 9.71. The standard InChI is InChI=1S/C11H18O5S/c1-2-17(15,16)8-7-11(10(13)14)6-4-3-5-9(11)12/h2-8H2,1H3,(H,13,14). The van der Waals surface area contributed by atoms with Crippen molar-refractivity contribution in [3.05, 3.63) is 0 Å². The Balaban J connectivity index is 2.86. The molecule has 17 heavy (non-hydrogen) atoms. The fourth-order valence-electron chi connectivity index (χ4n) is 2.16. The van der Waals surface area contributed by atoms with Crippen LogP contribution in [0.2, 0.25) is 0 Å². The molecule has 1 atom stereocenters. The maximum absolute atomic E-state index is 11.8. The molecule has 0 aromatic heterocycles. The lowest BCUT2D eigenvalue weighted by molar-refractivity contribution is -0.157. The first-order valence-corrected chi connectivity index (χ1v) is 7.63. The minimum Gasteiger partial charge on any atom is -0.480 e. The third-order valence-corrected chi connectivity index (χ3v) is 5.19. The number of carbonyl (C=O) groups excluding carboxylic acids is 1. The van der Waals surface area contributed by atoms with Gasteiger partial charge < -0.3 is 5.11 Å². The molecule has 1 aliphatic rings. The van der Waals surface area contributed by atoms with Gasteiger partial charge in [-0.05, 0) is 19.3 Å². The quantitative estimate of drug-likeness (QED) is 0.747. The largest absolute Gasteiger partial charge is 0.480 e. The molecule has 0 aromatic rings. The van der Waals surface area contributed by atoms with Gasteiger partial charge in [-0.3, -0.25) is 9.59 Å². The lowest BCUT2D eigenvalue weighted by Crippen LogP contribution is -2.43. The van der Waals surface area contributed by atoms with Crippen molar-refractivity contribution in [3.63, 3.8) is 0 Å². The van der Waals surface area contributed by atoms with Crippen molar-refractivity contribution in [3.8, 4) is 0 Å². The molecule has 0 amide bonds. The number of hydrogen-bond acceptors (Lipinski definition) is 4. The van der Waals surface area contributed by atoms with Gasteiger partial charge in [0.1, 0.15) is 21.0 Å². The van der Waals surface area contributed by atoms with Crippen LogP contribution in [0.4, 0.5) is 0 Å². The second kappa shape index (κ2) is 5.16. The fraction of sp³-hybridized carbons (Fsp3) is 0.818. The fourth-order valence-corrected chi connectivity index (χ4v) is 3.11. The van der Waals surface area contributed by atoms with E-state index in [1.165, 1.54) is 6.92 Å². The van der Waals surface area contributed by atoms with Gasteiger partial charge in [0.05, 0.1) is 5.75 Å². The van der Waals surface area contributed by atoms with E-state index in [2.05, 4.69) is 0 Å². The number of sulfone groups is 1. The number of carbonyl (C=O) groups is 2. The minimum absolute atomic E-state index is 0.0170. The molecule has 1 rings (SSSR count). The van der Waals surface area contributed by atoms with Crippen LogP contribution < -0.4 is 0 Å². The maximum atomic E-state index is 11.8. The van der Waals surface area contributed by atoms with Crippen LogP contribution in [0.15, 0.2) is 0 Å². The lowest BCUT2D eigenvalue weighted by Gasteiger charge is -2.31. The van der Waals surface area contributed by atoms with Crippen molar-refractivity contribution in [2.75, 3.05) is 11.5 Å². The Morgan fingerprint density at radius 2 is 2.06 bits per heavy atom. The van der Waals surface area contributed by atoms with E-state index in [0.717, 1.165) is 0 Å². The van der Waals surface area contributed by atoms with Crippen molar-refractivity contribution in [1.29, 1.82) is 0 Å². The summed E-state index contributed by atoms with van der Waals surface area (Å²) in [6.07, 6.45) is 1.80. The van der Waals surface area contributed by atoms with E-state index in [4.69, 9.17) is 0 Å². The molecule has 0 radical (unpaired) electrons. The van der Waals surface area contributed by atoms with E-state index in [0.29, 0.717) is 12.8 Å². The Morgan fingerprint density at radius 3 is 2.53 bits per heavy atom. The second-order valence-corrected chi connectivity index (χ2v) is 6.98.